The lowest BCUT2D eigenvalue weighted by molar-refractivity contribution is 0.199. The van der Waals surface area contributed by atoms with Crippen molar-refractivity contribution in [2.45, 2.75) is 13.0 Å². The highest BCUT2D eigenvalue weighted by Crippen LogP contribution is 2.19. The zero-order valence-electron chi connectivity index (χ0n) is 8.22. The number of hydrogen-bond donors (Lipinski definition) is 1. The maximum atomic E-state index is 9.34. The molecule has 0 radical (unpaired) electrons. The first kappa shape index (κ1) is 9.21. The summed E-state index contributed by atoms with van der Waals surface area (Å²) in [7, 11) is 0. The summed E-state index contributed by atoms with van der Waals surface area (Å²) in [5, 5.41) is 9.34. The van der Waals surface area contributed by atoms with Gasteiger partial charge in [0.05, 0.1) is 19.0 Å². The van der Waals surface area contributed by atoms with Crippen molar-refractivity contribution < 1.29 is 5.11 Å². The topological polar surface area (TPSA) is 35.8 Å². The van der Waals surface area contributed by atoms with Crippen LogP contribution in [0, 0.1) is 0 Å². The summed E-state index contributed by atoms with van der Waals surface area (Å²) in [5.41, 5.74) is 2.08. The van der Waals surface area contributed by atoms with Crippen molar-refractivity contribution in [1.82, 2.24) is 0 Å². The van der Waals surface area contributed by atoms with Crippen molar-refractivity contribution in [3.8, 4) is 0 Å². The molecule has 14 heavy (non-hydrogen) atoms. The molecule has 1 atom stereocenters. The molecule has 1 aliphatic rings. The van der Waals surface area contributed by atoms with Gasteiger partial charge in [-0.25, -0.2) is 0 Å². The van der Waals surface area contributed by atoms with Crippen LogP contribution in [0.2, 0.25) is 0 Å². The number of benzene rings is 1. The second kappa shape index (κ2) is 3.80. The van der Waals surface area contributed by atoms with Crippen LogP contribution in [-0.2, 0) is 0 Å². The van der Waals surface area contributed by atoms with Crippen LogP contribution in [-0.4, -0.2) is 24.5 Å². The van der Waals surface area contributed by atoms with E-state index in [4.69, 9.17) is 0 Å². The molecular weight excluding hydrogens is 176 g/mol. The Balaban J connectivity index is 2.17. The molecule has 0 amide bonds. The summed E-state index contributed by atoms with van der Waals surface area (Å²) in [6.45, 7) is 3.60. The molecule has 1 aromatic carbocycles. The van der Waals surface area contributed by atoms with Crippen LogP contribution in [0.5, 0.6) is 0 Å². The average molecular weight is 190 g/mol. The Labute approximate surface area is 83.7 Å². The molecule has 0 saturated heterocycles. The van der Waals surface area contributed by atoms with Crippen molar-refractivity contribution in [3.05, 3.63) is 29.8 Å². The first-order valence-electron chi connectivity index (χ1n) is 4.82. The molecule has 0 aromatic heterocycles. The molecular formula is C11H14N2O. The Morgan fingerprint density at radius 3 is 2.57 bits per heavy atom. The van der Waals surface area contributed by atoms with Crippen LogP contribution in [0.15, 0.2) is 29.3 Å². The number of nitrogens with zero attached hydrogens (tertiary/aromatic N) is 2. The summed E-state index contributed by atoms with van der Waals surface area (Å²) in [4.78, 5) is 6.25. The van der Waals surface area contributed by atoms with E-state index < -0.39 is 6.10 Å². The summed E-state index contributed by atoms with van der Waals surface area (Å²) in [6.07, 6.45) is 1.47. The van der Waals surface area contributed by atoms with Gasteiger partial charge in [0.1, 0.15) is 0 Å². The predicted octanol–water partition coefficient (Wildman–Crippen LogP) is 1.59. The van der Waals surface area contributed by atoms with Gasteiger partial charge < -0.3 is 10.0 Å². The molecule has 1 N–H and O–H groups in total. The van der Waals surface area contributed by atoms with E-state index in [9.17, 15) is 5.11 Å². The second-order valence-electron chi connectivity index (χ2n) is 3.48. The third kappa shape index (κ3) is 1.77. The number of hydrogen-bond acceptors (Lipinski definition) is 3. The quantitative estimate of drug-likeness (QED) is 0.768. The number of aliphatic hydroxyl groups is 1. The molecule has 0 saturated carbocycles. The number of rotatable bonds is 2. The van der Waals surface area contributed by atoms with Gasteiger partial charge in [-0.3, -0.25) is 4.99 Å². The van der Waals surface area contributed by atoms with Gasteiger partial charge in [-0.2, -0.15) is 0 Å². The lowest BCUT2D eigenvalue weighted by atomic mass is 10.1. The van der Waals surface area contributed by atoms with Crippen molar-refractivity contribution in [2.75, 3.05) is 18.0 Å². The first-order chi connectivity index (χ1) is 6.77. The van der Waals surface area contributed by atoms with Gasteiger partial charge in [-0.05, 0) is 24.6 Å². The maximum absolute atomic E-state index is 9.34. The van der Waals surface area contributed by atoms with Crippen LogP contribution in [0.25, 0.3) is 0 Å². The fourth-order valence-corrected chi connectivity index (χ4v) is 1.52. The van der Waals surface area contributed by atoms with Crippen molar-refractivity contribution >= 4 is 12.0 Å². The van der Waals surface area contributed by atoms with E-state index >= 15 is 0 Å². The molecule has 1 aromatic rings. The highest BCUT2D eigenvalue weighted by atomic mass is 16.3. The van der Waals surface area contributed by atoms with Gasteiger partial charge in [0.25, 0.3) is 0 Å². The highest BCUT2D eigenvalue weighted by molar-refractivity contribution is 5.80. The normalized spacial score (nSPS) is 17.4. The van der Waals surface area contributed by atoms with E-state index in [1.165, 1.54) is 0 Å². The Kier molecular flexibility index (Phi) is 2.50. The summed E-state index contributed by atoms with van der Waals surface area (Å²) >= 11 is 0. The SMILES string of the molecule is CC(O)c1ccc(N2C=NCC2)cc1. The predicted molar refractivity (Wildman–Crippen MR) is 57.8 cm³/mol. The first-order valence-corrected chi connectivity index (χ1v) is 4.82. The van der Waals surface area contributed by atoms with Gasteiger partial charge in [0.15, 0.2) is 0 Å². The molecule has 3 nitrogen and oxygen atoms in total. The Hall–Kier alpha value is -1.35. The summed E-state index contributed by atoms with van der Waals surface area (Å²) in [5.74, 6) is 0. The van der Waals surface area contributed by atoms with Crippen LogP contribution in [0.4, 0.5) is 5.69 Å². The van der Waals surface area contributed by atoms with Gasteiger partial charge in [0, 0.05) is 12.2 Å². The van der Waals surface area contributed by atoms with Crippen LogP contribution >= 0.6 is 0 Å². The lowest BCUT2D eigenvalue weighted by Crippen LogP contribution is -2.17. The Morgan fingerprint density at radius 1 is 1.36 bits per heavy atom. The maximum Gasteiger partial charge on any atom is 0.0895 e. The third-order valence-corrected chi connectivity index (χ3v) is 2.40. The standard InChI is InChI=1S/C11H14N2O/c1-9(14)10-2-4-11(5-3-10)13-7-6-12-8-13/h2-5,8-9,14H,6-7H2,1H3. The summed E-state index contributed by atoms with van der Waals surface area (Å²) < 4.78 is 0. The molecule has 0 bridgehead atoms. The zero-order chi connectivity index (χ0) is 9.97. The minimum absolute atomic E-state index is 0.392. The molecule has 0 fully saturated rings. The van der Waals surface area contributed by atoms with Crippen LogP contribution < -0.4 is 4.90 Å². The highest BCUT2D eigenvalue weighted by Gasteiger charge is 2.08. The Bertz CT molecular complexity index is 330. The fourth-order valence-electron chi connectivity index (χ4n) is 1.52. The summed E-state index contributed by atoms with van der Waals surface area (Å²) in [6, 6.07) is 7.93. The van der Waals surface area contributed by atoms with Crippen molar-refractivity contribution in [3.63, 3.8) is 0 Å². The second-order valence-corrected chi connectivity index (χ2v) is 3.48. The van der Waals surface area contributed by atoms with E-state index in [1.54, 1.807) is 6.92 Å². The van der Waals surface area contributed by atoms with Crippen LogP contribution in [0.1, 0.15) is 18.6 Å². The van der Waals surface area contributed by atoms with Crippen molar-refractivity contribution in [2.24, 2.45) is 4.99 Å². The average Bonchev–Trinajstić information content (AvgIpc) is 2.71. The van der Waals surface area contributed by atoms with Gasteiger partial charge >= 0.3 is 0 Å². The van der Waals surface area contributed by atoms with E-state index in [0.29, 0.717) is 0 Å². The smallest absolute Gasteiger partial charge is 0.0895 e. The number of aliphatic hydroxyl groups excluding tert-OH is 1. The third-order valence-electron chi connectivity index (χ3n) is 2.40. The monoisotopic (exact) mass is 190 g/mol. The molecule has 1 unspecified atom stereocenters. The molecule has 0 aliphatic carbocycles. The molecule has 0 spiro atoms. The fraction of sp³-hybridized carbons (Fsp3) is 0.364. The Morgan fingerprint density at radius 2 is 2.07 bits per heavy atom. The largest absolute Gasteiger partial charge is 0.389 e. The molecule has 2 rings (SSSR count). The lowest BCUT2D eigenvalue weighted by Gasteiger charge is -2.14. The zero-order valence-corrected chi connectivity index (χ0v) is 8.22. The number of aliphatic imine (C=N–C) groups is 1. The van der Waals surface area contributed by atoms with E-state index in [1.807, 2.05) is 30.6 Å². The molecule has 74 valence electrons. The van der Waals surface area contributed by atoms with Gasteiger partial charge in [-0.1, -0.05) is 12.1 Å². The minimum atomic E-state index is -0.392. The molecule has 1 heterocycles. The van der Waals surface area contributed by atoms with E-state index in [-0.39, 0.29) is 0 Å². The van der Waals surface area contributed by atoms with Gasteiger partial charge in [-0.15, -0.1) is 0 Å². The van der Waals surface area contributed by atoms with Crippen LogP contribution in [0.3, 0.4) is 0 Å². The molecule has 1 aliphatic heterocycles. The van der Waals surface area contributed by atoms with Gasteiger partial charge in [0.2, 0.25) is 0 Å². The minimum Gasteiger partial charge on any atom is -0.389 e. The molecule has 3 heteroatoms. The van der Waals surface area contributed by atoms with E-state index in [2.05, 4.69) is 9.89 Å². The number of anilines is 1. The van der Waals surface area contributed by atoms with Crippen molar-refractivity contribution in [1.29, 1.82) is 0 Å². The van der Waals surface area contributed by atoms with E-state index in [0.717, 1.165) is 24.3 Å².